The van der Waals surface area contributed by atoms with E-state index in [2.05, 4.69) is 5.32 Å². The Morgan fingerprint density at radius 3 is 2.72 bits per heavy atom. The van der Waals surface area contributed by atoms with Gasteiger partial charge in [-0.05, 0) is 43.4 Å². The maximum absolute atomic E-state index is 13.0. The topological polar surface area (TPSA) is 49.3 Å². The summed E-state index contributed by atoms with van der Waals surface area (Å²) >= 11 is 0. The van der Waals surface area contributed by atoms with Gasteiger partial charge < -0.3 is 10.4 Å². The van der Waals surface area contributed by atoms with E-state index in [1.807, 2.05) is 0 Å². The van der Waals surface area contributed by atoms with Crippen molar-refractivity contribution in [3.8, 4) is 0 Å². The Bertz CT molecular complexity index is 414. The van der Waals surface area contributed by atoms with Gasteiger partial charge in [0.1, 0.15) is 5.82 Å². The number of hydrogen-bond acceptors (Lipinski definition) is 2. The van der Waals surface area contributed by atoms with Crippen LogP contribution in [0, 0.1) is 5.82 Å². The summed E-state index contributed by atoms with van der Waals surface area (Å²) in [5.41, 5.74) is 0.684. The molecule has 0 aromatic heterocycles. The number of hydrogen-bond donors (Lipinski definition) is 2. The Labute approximate surface area is 106 Å². The molecule has 0 spiro atoms. The lowest BCUT2D eigenvalue weighted by atomic mass is 9.93. The number of carbonyl (C=O) groups is 1. The van der Waals surface area contributed by atoms with Crippen LogP contribution < -0.4 is 5.32 Å². The highest BCUT2D eigenvalue weighted by atomic mass is 19.1. The molecule has 3 nitrogen and oxygen atoms in total. The summed E-state index contributed by atoms with van der Waals surface area (Å²) in [4.78, 5) is 11.8. The predicted octanol–water partition coefficient (Wildman–Crippen LogP) is 1.79. The van der Waals surface area contributed by atoms with Gasteiger partial charge >= 0.3 is 0 Å². The zero-order valence-corrected chi connectivity index (χ0v) is 10.2. The molecule has 1 aliphatic carbocycles. The molecule has 1 fully saturated rings. The van der Waals surface area contributed by atoms with Crippen molar-refractivity contribution in [2.24, 2.45) is 0 Å². The smallest absolute Gasteiger partial charge is 0.224 e. The van der Waals surface area contributed by atoms with Crippen LogP contribution in [0.4, 0.5) is 4.39 Å². The zero-order chi connectivity index (χ0) is 13.0. The second-order valence-electron chi connectivity index (χ2n) is 4.88. The number of aliphatic hydroxyl groups is 1. The SMILES string of the molecule is O=C(Cc1cccc(F)c1)NC1CCC(O)CC1. The van der Waals surface area contributed by atoms with Crippen LogP contribution in [0.2, 0.25) is 0 Å². The molecule has 2 N–H and O–H groups in total. The monoisotopic (exact) mass is 251 g/mol. The molecule has 1 saturated carbocycles. The third-order valence-electron chi connectivity index (χ3n) is 3.32. The van der Waals surface area contributed by atoms with Crippen LogP contribution in [0.3, 0.4) is 0 Å². The van der Waals surface area contributed by atoms with Gasteiger partial charge in [-0.1, -0.05) is 12.1 Å². The molecule has 1 aromatic rings. The van der Waals surface area contributed by atoms with Crippen LogP contribution in [0.25, 0.3) is 0 Å². The average Bonchev–Trinajstić information content (AvgIpc) is 2.32. The van der Waals surface area contributed by atoms with Gasteiger partial charge in [0, 0.05) is 6.04 Å². The van der Waals surface area contributed by atoms with Crippen LogP contribution in [-0.4, -0.2) is 23.2 Å². The quantitative estimate of drug-likeness (QED) is 0.860. The minimum Gasteiger partial charge on any atom is -0.393 e. The molecule has 98 valence electrons. The average molecular weight is 251 g/mol. The van der Waals surface area contributed by atoms with E-state index < -0.39 is 0 Å². The van der Waals surface area contributed by atoms with Crippen molar-refractivity contribution in [2.75, 3.05) is 0 Å². The second-order valence-corrected chi connectivity index (χ2v) is 4.88. The minimum absolute atomic E-state index is 0.0815. The fraction of sp³-hybridized carbons (Fsp3) is 0.500. The maximum Gasteiger partial charge on any atom is 0.224 e. The molecule has 0 unspecified atom stereocenters. The summed E-state index contributed by atoms with van der Waals surface area (Å²) in [5, 5.41) is 12.3. The first-order valence-electron chi connectivity index (χ1n) is 6.35. The van der Waals surface area contributed by atoms with Crippen molar-refractivity contribution in [1.82, 2.24) is 5.32 Å². The number of aliphatic hydroxyl groups excluding tert-OH is 1. The van der Waals surface area contributed by atoms with E-state index in [1.54, 1.807) is 12.1 Å². The van der Waals surface area contributed by atoms with Crippen molar-refractivity contribution < 1.29 is 14.3 Å². The van der Waals surface area contributed by atoms with Gasteiger partial charge in [-0.25, -0.2) is 4.39 Å². The first-order chi connectivity index (χ1) is 8.63. The van der Waals surface area contributed by atoms with Crippen molar-refractivity contribution >= 4 is 5.91 Å². The van der Waals surface area contributed by atoms with E-state index in [1.165, 1.54) is 12.1 Å². The molecule has 1 aliphatic rings. The molecule has 4 heteroatoms. The largest absolute Gasteiger partial charge is 0.393 e. The maximum atomic E-state index is 13.0. The number of halogens is 1. The van der Waals surface area contributed by atoms with Crippen molar-refractivity contribution in [2.45, 2.75) is 44.2 Å². The zero-order valence-electron chi connectivity index (χ0n) is 10.2. The molecule has 18 heavy (non-hydrogen) atoms. The summed E-state index contributed by atoms with van der Waals surface area (Å²) in [6.07, 6.45) is 3.10. The standard InChI is InChI=1S/C14H18FNO2/c15-11-3-1-2-10(8-11)9-14(18)16-12-4-6-13(17)7-5-12/h1-3,8,12-13,17H,4-7,9H2,(H,16,18). The highest BCUT2D eigenvalue weighted by molar-refractivity contribution is 5.78. The van der Waals surface area contributed by atoms with Gasteiger partial charge in [-0.3, -0.25) is 4.79 Å². The summed E-state index contributed by atoms with van der Waals surface area (Å²) in [5.74, 6) is -0.400. The molecular weight excluding hydrogens is 233 g/mol. The van der Waals surface area contributed by atoms with Crippen LogP contribution in [0.1, 0.15) is 31.2 Å². The third-order valence-corrected chi connectivity index (χ3v) is 3.32. The summed E-state index contributed by atoms with van der Waals surface area (Å²) in [6.45, 7) is 0. The summed E-state index contributed by atoms with van der Waals surface area (Å²) in [7, 11) is 0. The summed E-state index contributed by atoms with van der Waals surface area (Å²) < 4.78 is 13.0. The molecule has 0 bridgehead atoms. The van der Waals surface area contributed by atoms with E-state index in [0.717, 1.165) is 25.7 Å². The molecular formula is C14H18FNO2. The number of rotatable bonds is 3. The highest BCUT2D eigenvalue weighted by Crippen LogP contribution is 2.18. The number of amides is 1. The summed E-state index contributed by atoms with van der Waals surface area (Å²) in [6, 6.07) is 6.24. The first-order valence-corrected chi connectivity index (χ1v) is 6.35. The lowest BCUT2D eigenvalue weighted by Crippen LogP contribution is -2.39. The normalized spacial score (nSPS) is 23.7. The van der Waals surface area contributed by atoms with Gasteiger partial charge in [0.2, 0.25) is 5.91 Å². The van der Waals surface area contributed by atoms with Crippen molar-refractivity contribution in [1.29, 1.82) is 0 Å². The third kappa shape index (κ3) is 3.81. The Hall–Kier alpha value is -1.42. The molecule has 0 radical (unpaired) electrons. The lowest BCUT2D eigenvalue weighted by molar-refractivity contribution is -0.121. The molecule has 0 atom stereocenters. The molecule has 0 heterocycles. The van der Waals surface area contributed by atoms with E-state index in [4.69, 9.17) is 0 Å². The van der Waals surface area contributed by atoms with E-state index in [-0.39, 0.29) is 30.3 Å². The van der Waals surface area contributed by atoms with Crippen LogP contribution in [-0.2, 0) is 11.2 Å². The highest BCUT2D eigenvalue weighted by Gasteiger charge is 2.20. The Kier molecular flexibility index (Phi) is 4.31. The minimum atomic E-state index is -0.318. The lowest BCUT2D eigenvalue weighted by Gasteiger charge is -2.26. The van der Waals surface area contributed by atoms with Crippen LogP contribution >= 0.6 is 0 Å². The fourth-order valence-electron chi connectivity index (χ4n) is 2.33. The van der Waals surface area contributed by atoms with E-state index >= 15 is 0 Å². The first kappa shape index (κ1) is 13.0. The number of carbonyl (C=O) groups excluding carboxylic acids is 1. The van der Waals surface area contributed by atoms with Crippen LogP contribution in [0.15, 0.2) is 24.3 Å². The molecule has 0 saturated heterocycles. The van der Waals surface area contributed by atoms with Gasteiger partial charge in [-0.15, -0.1) is 0 Å². The predicted molar refractivity (Wildman–Crippen MR) is 66.5 cm³/mol. The second kappa shape index (κ2) is 5.96. The Morgan fingerprint density at radius 2 is 2.06 bits per heavy atom. The molecule has 0 aliphatic heterocycles. The van der Waals surface area contributed by atoms with Gasteiger partial charge in [0.05, 0.1) is 12.5 Å². The molecule has 1 aromatic carbocycles. The molecule has 1 amide bonds. The Balaban J connectivity index is 1.82. The van der Waals surface area contributed by atoms with Crippen LogP contribution in [0.5, 0.6) is 0 Å². The number of nitrogens with one attached hydrogen (secondary N) is 1. The number of benzene rings is 1. The van der Waals surface area contributed by atoms with Gasteiger partial charge in [-0.2, -0.15) is 0 Å². The van der Waals surface area contributed by atoms with Gasteiger partial charge in [0.15, 0.2) is 0 Å². The Morgan fingerprint density at radius 1 is 1.33 bits per heavy atom. The fourth-order valence-corrected chi connectivity index (χ4v) is 2.33. The van der Waals surface area contributed by atoms with E-state index in [9.17, 15) is 14.3 Å². The van der Waals surface area contributed by atoms with Gasteiger partial charge in [0.25, 0.3) is 0 Å². The van der Waals surface area contributed by atoms with Crippen molar-refractivity contribution in [3.05, 3.63) is 35.6 Å². The van der Waals surface area contributed by atoms with Crippen molar-refractivity contribution in [3.63, 3.8) is 0 Å². The van der Waals surface area contributed by atoms with E-state index in [0.29, 0.717) is 5.56 Å². The molecule has 2 rings (SSSR count).